The quantitative estimate of drug-likeness (QED) is 0.927. The second kappa shape index (κ2) is 7.15. The Morgan fingerprint density at radius 3 is 2.29 bits per heavy atom. The van der Waals surface area contributed by atoms with Crippen LogP contribution in [0.1, 0.15) is 12.8 Å². The number of benzene rings is 2. The lowest BCUT2D eigenvalue weighted by Gasteiger charge is -2.31. The summed E-state index contributed by atoms with van der Waals surface area (Å²) < 4.78 is 26.8. The van der Waals surface area contributed by atoms with Gasteiger partial charge in [-0.05, 0) is 37.1 Å². The molecule has 0 bridgehead atoms. The molecule has 126 valence electrons. The van der Waals surface area contributed by atoms with Crippen LogP contribution in [0, 0.1) is 5.92 Å². The molecule has 2 aromatic rings. The first-order valence-electron chi connectivity index (χ1n) is 7.98. The van der Waals surface area contributed by atoms with Crippen molar-refractivity contribution < 1.29 is 13.2 Å². The third-order valence-corrected chi connectivity index (χ3v) is 6.06. The van der Waals surface area contributed by atoms with E-state index in [1.54, 1.807) is 30.3 Å². The van der Waals surface area contributed by atoms with Crippen LogP contribution in [0.5, 0.6) is 0 Å². The second-order valence-corrected chi connectivity index (χ2v) is 7.81. The Morgan fingerprint density at radius 2 is 1.62 bits per heavy atom. The van der Waals surface area contributed by atoms with Crippen LogP contribution in [0.15, 0.2) is 65.6 Å². The number of piperidine rings is 1. The number of carbonyl (C=O) groups is 1. The summed E-state index contributed by atoms with van der Waals surface area (Å²) in [6.07, 6.45) is 1.37. The maximum atomic E-state index is 12.7. The Bertz CT molecular complexity index is 792. The number of sulfonamides is 1. The third-order valence-electron chi connectivity index (χ3n) is 4.18. The average molecular weight is 344 g/mol. The van der Waals surface area contributed by atoms with Gasteiger partial charge in [-0.25, -0.2) is 8.42 Å². The first-order chi connectivity index (χ1) is 11.6. The summed E-state index contributed by atoms with van der Waals surface area (Å²) in [4.78, 5) is 12.7. The molecule has 1 fully saturated rings. The number of nitrogens with zero attached hydrogens (tertiary/aromatic N) is 1. The smallest absolute Gasteiger partial charge is 0.243 e. The molecule has 6 heteroatoms. The minimum absolute atomic E-state index is 0.130. The monoisotopic (exact) mass is 344 g/mol. The van der Waals surface area contributed by atoms with E-state index in [0.717, 1.165) is 5.69 Å². The molecule has 0 aliphatic carbocycles. The molecule has 0 spiro atoms. The van der Waals surface area contributed by atoms with E-state index in [0.29, 0.717) is 19.4 Å². The van der Waals surface area contributed by atoms with Gasteiger partial charge >= 0.3 is 0 Å². The zero-order chi connectivity index (χ0) is 17.0. The molecule has 0 aromatic heterocycles. The number of para-hydroxylation sites is 1. The lowest BCUT2D eigenvalue weighted by Crippen LogP contribution is -2.43. The van der Waals surface area contributed by atoms with E-state index >= 15 is 0 Å². The fourth-order valence-corrected chi connectivity index (χ4v) is 4.43. The maximum absolute atomic E-state index is 12.7. The lowest BCUT2D eigenvalue weighted by atomic mass is 9.99. The molecular weight excluding hydrogens is 324 g/mol. The summed E-state index contributed by atoms with van der Waals surface area (Å²) in [5.74, 6) is -0.466. The van der Waals surface area contributed by atoms with Crippen LogP contribution in [0.4, 0.5) is 5.69 Å². The van der Waals surface area contributed by atoms with Crippen molar-refractivity contribution in [1.29, 1.82) is 0 Å². The molecule has 5 nitrogen and oxygen atoms in total. The van der Waals surface area contributed by atoms with E-state index in [1.807, 2.05) is 30.3 Å². The fourth-order valence-electron chi connectivity index (χ4n) is 2.88. The average Bonchev–Trinajstić information content (AvgIpc) is 2.63. The molecule has 0 unspecified atom stereocenters. The Labute approximate surface area is 142 Å². The van der Waals surface area contributed by atoms with Crippen LogP contribution in [-0.2, 0) is 14.8 Å². The van der Waals surface area contributed by atoms with Gasteiger partial charge in [-0.2, -0.15) is 4.31 Å². The van der Waals surface area contributed by atoms with E-state index in [4.69, 9.17) is 0 Å². The van der Waals surface area contributed by atoms with Gasteiger partial charge in [-0.3, -0.25) is 4.79 Å². The van der Waals surface area contributed by atoms with Crippen molar-refractivity contribution in [3.05, 3.63) is 60.7 Å². The summed E-state index contributed by atoms with van der Waals surface area (Å²) in [5, 5.41) is 2.86. The summed E-state index contributed by atoms with van der Waals surface area (Å²) >= 11 is 0. The van der Waals surface area contributed by atoms with Crippen LogP contribution in [0.2, 0.25) is 0 Å². The second-order valence-electron chi connectivity index (χ2n) is 5.87. The number of nitrogens with one attached hydrogen (secondary N) is 1. The van der Waals surface area contributed by atoms with Crippen LogP contribution < -0.4 is 5.32 Å². The first kappa shape index (κ1) is 16.7. The van der Waals surface area contributed by atoms with Crippen molar-refractivity contribution >= 4 is 21.6 Å². The zero-order valence-electron chi connectivity index (χ0n) is 13.3. The normalized spacial score (nSPS) is 18.9. The largest absolute Gasteiger partial charge is 0.326 e. The molecule has 1 atom stereocenters. The minimum atomic E-state index is -3.55. The predicted octanol–water partition coefficient (Wildman–Crippen LogP) is 2.73. The summed E-state index contributed by atoms with van der Waals surface area (Å²) in [6, 6.07) is 17.6. The predicted molar refractivity (Wildman–Crippen MR) is 93.0 cm³/mol. The van der Waals surface area contributed by atoms with Gasteiger partial charge in [-0.15, -0.1) is 0 Å². The highest BCUT2D eigenvalue weighted by molar-refractivity contribution is 7.89. The van der Waals surface area contributed by atoms with E-state index < -0.39 is 10.0 Å². The first-order valence-corrected chi connectivity index (χ1v) is 9.42. The zero-order valence-corrected chi connectivity index (χ0v) is 14.1. The molecule has 1 heterocycles. The van der Waals surface area contributed by atoms with E-state index in [1.165, 1.54) is 4.31 Å². The maximum Gasteiger partial charge on any atom is 0.243 e. The number of carbonyl (C=O) groups excluding carboxylic acids is 1. The molecular formula is C18H20N2O3S. The lowest BCUT2D eigenvalue weighted by molar-refractivity contribution is -0.120. The molecule has 1 N–H and O–H groups in total. The van der Waals surface area contributed by atoms with Crippen molar-refractivity contribution in [3.63, 3.8) is 0 Å². The Hall–Kier alpha value is -2.18. The Balaban J connectivity index is 1.71. The minimum Gasteiger partial charge on any atom is -0.326 e. The summed E-state index contributed by atoms with van der Waals surface area (Å²) in [6.45, 7) is 0.669. The van der Waals surface area contributed by atoms with E-state index in [2.05, 4.69) is 5.32 Å². The van der Waals surface area contributed by atoms with E-state index in [-0.39, 0.29) is 23.3 Å². The molecule has 3 rings (SSSR count). The Kier molecular flexibility index (Phi) is 4.97. The van der Waals surface area contributed by atoms with Crippen molar-refractivity contribution in [2.45, 2.75) is 17.7 Å². The molecule has 1 aliphatic heterocycles. The number of hydrogen-bond acceptors (Lipinski definition) is 3. The topological polar surface area (TPSA) is 66.5 Å². The van der Waals surface area contributed by atoms with Crippen LogP contribution >= 0.6 is 0 Å². The van der Waals surface area contributed by atoms with Gasteiger partial charge in [0.05, 0.1) is 10.8 Å². The van der Waals surface area contributed by atoms with Gasteiger partial charge in [0.25, 0.3) is 0 Å². The van der Waals surface area contributed by atoms with Gasteiger partial charge < -0.3 is 5.32 Å². The van der Waals surface area contributed by atoms with E-state index in [9.17, 15) is 13.2 Å². The van der Waals surface area contributed by atoms with Crippen molar-refractivity contribution in [2.75, 3.05) is 18.4 Å². The standard InChI is InChI=1S/C18H20N2O3S/c21-18(19-16-9-3-1-4-10-16)15-8-7-13-20(14-15)24(22,23)17-11-5-2-6-12-17/h1-6,9-12,15H,7-8,13-14H2,(H,19,21)/t15-/m1/s1. The highest BCUT2D eigenvalue weighted by Crippen LogP contribution is 2.24. The van der Waals surface area contributed by atoms with Crippen LogP contribution in [-0.4, -0.2) is 31.7 Å². The van der Waals surface area contributed by atoms with Crippen molar-refractivity contribution in [3.8, 4) is 0 Å². The Morgan fingerprint density at radius 1 is 1.00 bits per heavy atom. The van der Waals surface area contributed by atoms with Gasteiger partial charge in [0, 0.05) is 18.8 Å². The van der Waals surface area contributed by atoms with Gasteiger partial charge in [0.2, 0.25) is 15.9 Å². The molecule has 0 saturated carbocycles. The molecule has 0 radical (unpaired) electrons. The molecule has 1 aliphatic rings. The summed E-state index contributed by atoms with van der Waals surface area (Å²) in [5.41, 5.74) is 0.727. The van der Waals surface area contributed by atoms with Crippen LogP contribution in [0.3, 0.4) is 0 Å². The number of amides is 1. The molecule has 1 amide bonds. The van der Waals surface area contributed by atoms with Crippen LogP contribution in [0.25, 0.3) is 0 Å². The molecule has 24 heavy (non-hydrogen) atoms. The summed E-state index contributed by atoms with van der Waals surface area (Å²) in [7, 11) is -3.55. The number of anilines is 1. The van der Waals surface area contributed by atoms with Crippen molar-refractivity contribution in [1.82, 2.24) is 4.31 Å². The van der Waals surface area contributed by atoms with Crippen molar-refractivity contribution in [2.24, 2.45) is 5.92 Å². The van der Waals surface area contributed by atoms with Gasteiger partial charge in [0.1, 0.15) is 0 Å². The molecule has 2 aromatic carbocycles. The molecule has 1 saturated heterocycles. The highest BCUT2D eigenvalue weighted by Gasteiger charge is 2.33. The van der Waals surface area contributed by atoms with Gasteiger partial charge in [0.15, 0.2) is 0 Å². The number of rotatable bonds is 4. The third kappa shape index (κ3) is 3.66. The van der Waals surface area contributed by atoms with Gasteiger partial charge in [-0.1, -0.05) is 36.4 Å². The highest BCUT2D eigenvalue weighted by atomic mass is 32.2. The fraction of sp³-hybridized carbons (Fsp3) is 0.278. The SMILES string of the molecule is O=C(Nc1ccccc1)[C@@H]1CCCN(S(=O)(=O)c2ccccc2)C1. The number of hydrogen-bond donors (Lipinski definition) is 1.